The molecule has 0 saturated carbocycles. The van der Waals surface area contributed by atoms with Gasteiger partial charge in [0, 0.05) is 23.5 Å². The maximum absolute atomic E-state index is 12.5. The third-order valence-corrected chi connectivity index (χ3v) is 4.34. The van der Waals surface area contributed by atoms with Crippen LogP contribution in [0.1, 0.15) is 15.2 Å². The molecule has 0 fully saturated rings. The van der Waals surface area contributed by atoms with E-state index in [-0.39, 0.29) is 17.5 Å². The first kappa shape index (κ1) is 19.7. The van der Waals surface area contributed by atoms with Gasteiger partial charge < -0.3 is 20.3 Å². The minimum Gasteiger partial charge on any atom is -0.497 e. The Balaban J connectivity index is 2.12. The fourth-order valence-electron chi connectivity index (χ4n) is 2.10. The molecule has 2 aromatic rings. The fourth-order valence-corrected chi connectivity index (χ4v) is 2.76. The monoisotopic (exact) mass is 373 g/mol. The Morgan fingerprint density at radius 2 is 1.92 bits per heavy atom. The standard InChI is InChI=1S/C19H23N3O3S/c1-22(2)11-10-20-19(24)17(13-16-5-4-12-26-16)21-18(23)14-6-8-15(25-3)9-7-14/h4-9,12-13H,10-11H2,1-3H3,(H,20,24)(H,21,23)/b17-13-. The van der Waals surface area contributed by atoms with E-state index in [4.69, 9.17) is 4.74 Å². The van der Waals surface area contributed by atoms with E-state index >= 15 is 0 Å². The van der Waals surface area contributed by atoms with E-state index in [2.05, 4.69) is 10.6 Å². The number of nitrogens with zero attached hydrogens (tertiary/aromatic N) is 1. The first-order chi connectivity index (χ1) is 12.5. The Morgan fingerprint density at radius 3 is 2.50 bits per heavy atom. The highest BCUT2D eigenvalue weighted by molar-refractivity contribution is 7.10. The summed E-state index contributed by atoms with van der Waals surface area (Å²) in [5, 5.41) is 7.45. The molecule has 0 aliphatic rings. The summed E-state index contributed by atoms with van der Waals surface area (Å²) in [6, 6.07) is 10.5. The summed E-state index contributed by atoms with van der Waals surface area (Å²) >= 11 is 1.49. The predicted molar refractivity (Wildman–Crippen MR) is 104 cm³/mol. The number of likely N-dealkylation sites (N-methyl/N-ethyl adjacent to an activating group) is 1. The van der Waals surface area contributed by atoms with Crippen molar-refractivity contribution in [3.05, 3.63) is 57.9 Å². The van der Waals surface area contributed by atoms with Crippen LogP contribution in [0, 0.1) is 0 Å². The zero-order valence-electron chi connectivity index (χ0n) is 15.1. The molecule has 0 aliphatic carbocycles. The molecule has 1 aromatic heterocycles. The molecular weight excluding hydrogens is 350 g/mol. The molecule has 2 rings (SSSR count). The number of rotatable bonds is 8. The third-order valence-electron chi connectivity index (χ3n) is 3.52. The summed E-state index contributed by atoms with van der Waals surface area (Å²) in [5.41, 5.74) is 0.663. The number of thiophene rings is 1. The van der Waals surface area contributed by atoms with Gasteiger partial charge >= 0.3 is 0 Å². The number of nitrogens with one attached hydrogen (secondary N) is 2. The molecule has 138 valence electrons. The van der Waals surface area contributed by atoms with Crippen molar-refractivity contribution in [2.45, 2.75) is 0 Å². The molecule has 7 heteroatoms. The van der Waals surface area contributed by atoms with Gasteiger partial charge in [0.15, 0.2) is 0 Å². The number of methoxy groups -OCH3 is 1. The summed E-state index contributed by atoms with van der Waals surface area (Å²) in [6.45, 7) is 1.20. The van der Waals surface area contributed by atoms with Crippen molar-refractivity contribution in [3.63, 3.8) is 0 Å². The second-order valence-corrected chi connectivity index (χ2v) is 6.79. The molecule has 0 bridgehead atoms. The molecule has 1 aromatic carbocycles. The van der Waals surface area contributed by atoms with Gasteiger partial charge in [0.25, 0.3) is 11.8 Å². The van der Waals surface area contributed by atoms with Gasteiger partial charge in [0.1, 0.15) is 11.4 Å². The van der Waals surface area contributed by atoms with Crippen LogP contribution in [0.3, 0.4) is 0 Å². The van der Waals surface area contributed by atoms with Crippen molar-refractivity contribution < 1.29 is 14.3 Å². The molecule has 2 N–H and O–H groups in total. The van der Waals surface area contributed by atoms with Gasteiger partial charge in [-0.25, -0.2) is 0 Å². The van der Waals surface area contributed by atoms with Crippen molar-refractivity contribution in [1.82, 2.24) is 15.5 Å². The van der Waals surface area contributed by atoms with Gasteiger partial charge in [-0.05, 0) is 55.9 Å². The predicted octanol–water partition coefficient (Wildman–Crippen LogP) is 2.21. The van der Waals surface area contributed by atoms with E-state index in [1.54, 1.807) is 37.5 Å². The van der Waals surface area contributed by atoms with Crippen LogP contribution in [0.5, 0.6) is 5.75 Å². The average Bonchev–Trinajstić information content (AvgIpc) is 3.14. The SMILES string of the molecule is COc1ccc(C(=O)N/C(=C\c2cccs2)C(=O)NCCN(C)C)cc1. The Labute approximate surface area is 157 Å². The summed E-state index contributed by atoms with van der Waals surface area (Å²) in [4.78, 5) is 27.8. The van der Waals surface area contributed by atoms with Crippen LogP contribution in [0.15, 0.2) is 47.5 Å². The lowest BCUT2D eigenvalue weighted by Crippen LogP contribution is -2.37. The zero-order valence-corrected chi connectivity index (χ0v) is 15.9. The first-order valence-electron chi connectivity index (χ1n) is 8.13. The van der Waals surface area contributed by atoms with E-state index in [0.717, 1.165) is 4.88 Å². The summed E-state index contributed by atoms with van der Waals surface area (Å²) in [6.07, 6.45) is 1.68. The van der Waals surface area contributed by atoms with Gasteiger partial charge in [-0.3, -0.25) is 9.59 Å². The minimum absolute atomic E-state index is 0.215. The highest BCUT2D eigenvalue weighted by Gasteiger charge is 2.15. The molecule has 0 atom stereocenters. The van der Waals surface area contributed by atoms with Gasteiger partial charge in [-0.1, -0.05) is 6.07 Å². The third kappa shape index (κ3) is 6.02. The van der Waals surface area contributed by atoms with Gasteiger partial charge in [0.2, 0.25) is 0 Å². The molecule has 6 nitrogen and oxygen atoms in total. The van der Waals surface area contributed by atoms with Crippen LogP contribution in [0.25, 0.3) is 6.08 Å². The Bertz CT molecular complexity index is 753. The van der Waals surface area contributed by atoms with Crippen LogP contribution in [-0.2, 0) is 4.79 Å². The van der Waals surface area contributed by atoms with Crippen LogP contribution in [0.4, 0.5) is 0 Å². The van der Waals surface area contributed by atoms with Crippen molar-refractivity contribution in [1.29, 1.82) is 0 Å². The topological polar surface area (TPSA) is 70.7 Å². The van der Waals surface area contributed by atoms with Gasteiger partial charge in [-0.15, -0.1) is 11.3 Å². The highest BCUT2D eigenvalue weighted by atomic mass is 32.1. The summed E-state index contributed by atoms with van der Waals surface area (Å²) in [5.74, 6) is -0.00217. The lowest BCUT2D eigenvalue weighted by molar-refractivity contribution is -0.117. The molecular formula is C19H23N3O3S. The van der Waals surface area contributed by atoms with Crippen LogP contribution in [0.2, 0.25) is 0 Å². The number of benzene rings is 1. The van der Waals surface area contributed by atoms with Crippen molar-refractivity contribution in [2.75, 3.05) is 34.3 Å². The Morgan fingerprint density at radius 1 is 1.19 bits per heavy atom. The molecule has 0 aliphatic heterocycles. The molecule has 0 radical (unpaired) electrons. The second kappa shape index (κ2) is 9.74. The van der Waals surface area contributed by atoms with Crippen LogP contribution in [-0.4, -0.2) is 51.0 Å². The number of carbonyl (C=O) groups is 2. The Hall–Kier alpha value is -2.64. The second-order valence-electron chi connectivity index (χ2n) is 5.82. The number of ether oxygens (including phenoxy) is 1. The normalized spacial score (nSPS) is 11.3. The largest absolute Gasteiger partial charge is 0.497 e. The van der Waals surface area contributed by atoms with E-state index in [1.165, 1.54) is 11.3 Å². The molecule has 0 unspecified atom stereocenters. The maximum atomic E-state index is 12.5. The minimum atomic E-state index is -0.349. The Kier molecular flexibility index (Phi) is 7.37. The maximum Gasteiger partial charge on any atom is 0.267 e. The molecule has 0 saturated heterocycles. The summed E-state index contributed by atoms with van der Waals surface area (Å²) < 4.78 is 5.09. The summed E-state index contributed by atoms with van der Waals surface area (Å²) in [7, 11) is 5.43. The van der Waals surface area contributed by atoms with E-state index in [9.17, 15) is 9.59 Å². The number of amides is 2. The van der Waals surface area contributed by atoms with Crippen molar-refractivity contribution in [2.24, 2.45) is 0 Å². The van der Waals surface area contributed by atoms with E-state index in [1.807, 2.05) is 36.5 Å². The molecule has 2 amide bonds. The highest BCUT2D eigenvalue weighted by Crippen LogP contribution is 2.14. The average molecular weight is 373 g/mol. The van der Waals surface area contributed by atoms with Crippen LogP contribution >= 0.6 is 11.3 Å². The molecule has 0 spiro atoms. The number of hydrogen-bond acceptors (Lipinski definition) is 5. The molecule has 1 heterocycles. The van der Waals surface area contributed by atoms with Crippen molar-refractivity contribution >= 4 is 29.2 Å². The molecule has 26 heavy (non-hydrogen) atoms. The van der Waals surface area contributed by atoms with E-state index in [0.29, 0.717) is 24.4 Å². The number of hydrogen-bond donors (Lipinski definition) is 2. The van der Waals surface area contributed by atoms with Crippen molar-refractivity contribution in [3.8, 4) is 5.75 Å². The van der Waals surface area contributed by atoms with Crippen LogP contribution < -0.4 is 15.4 Å². The first-order valence-corrected chi connectivity index (χ1v) is 9.01. The fraction of sp³-hybridized carbons (Fsp3) is 0.263. The lowest BCUT2D eigenvalue weighted by atomic mass is 10.2. The van der Waals surface area contributed by atoms with Gasteiger partial charge in [0.05, 0.1) is 7.11 Å². The van der Waals surface area contributed by atoms with Gasteiger partial charge in [-0.2, -0.15) is 0 Å². The quantitative estimate of drug-likeness (QED) is 0.696. The smallest absolute Gasteiger partial charge is 0.267 e. The van der Waals surface area contributed by atoms with E-state index < -0.39 is 0 Å². The lowest BCUT2D eigenvalue weighted by Gasteiger charge is -2.13. The zero-order chi connectivity index (χ0) is 18.9. The number of carbonyl (C=O) groups excluding carboxylic acids is 2.